The van der Waals surface area contributed by atoms with E-state index >= 15 is 0 Å². The second-order valence-electron chi connectivity index (χ2n) is 5.69. The summed E-state index contributed by atoms with van der Waals surface area (Å²) in [5, 5.41) is 13.1. The summed E-state index contributed by atoms with van der Waals surface area (Å²) in [5.74, 6) is 0. The van der Waals surface area contributed by atoms with Gasteiger partial charge >= 0.3 is 0 Å². The monoisotopic (exact) mass is 277 g/mol. The molecule has 21 heavy (non-hydrogen) atoms. The summed E-state index contributed by atoms with van der Waals surface area (Å²) in [5.41, 5.74) is 1.97. The van der Waals surface area contributed by atoms with Gasteiger partial charge in [0, 0.05) is 30.9 Å². The van der Waals surface area contributed by atoms with Crippen molar-refractivity contribution in [3.63, 3.8) is 0 Å². The van der Waals surface area contributed by atoms with E-state index in [9.17, 15) is 5.26 Å². The van der Waals surface area contributed by atoms with E-state index in [1.54, 1.807) is 0 Å². The average molecular weight is 277 g/mol. The maximum absolute atomic E-state index is 9.52. The van der Waals surface area contributed by atoms with Crippen molar-refractivity contribution in [1.82, 2.24) is 10.3 Å². The van der Waals surface area contributed by atoms with E-state index in [0.29, 0.717) is 6.04 Å². The quantitative estimate of drug-likeness (QED) is 0.914. The molecule has 0 amide bonds. The first-order valence-corrected chi connectivity index (χ1v) is 7.42. The molecule has 1 saturated carbocycles. The number of benzene rings is 1. The first kappa shape index (κ1) is 13.8. The van der Waals surface area contributed by atoms with E-state index in [1.807, 2.05) is 42.6 Å². The fourth-order valence-corrected chi connectivity index (χ4v) is 3.02. The van der Waals surface area contributed by atoms with Crippen LogP contribution in [0.5, 0.6) is 0 Å². The van der Waals surface area contributed by atoms with Crippen molar-refractivity contribution in [2.75, 3.05) is 6.54 Å². The smallest absolute Gasteiger partial charge is 0.0852 e. The van der Waals surface area contributed by atoms with Crippen LogP contribution in [0, 0.1) is 11.3 Å². The average Bonchev–Trinajstić information content (AvgIpc) is 2.52. The third-order valence-corrected chi connectivity index (χ3v) is 4.27. The Balaban J connectivity index is 1.50. The molecule has 3 rings (SSSR count). The van der Waals surface area contributed by atoms with E-state index in [2.05, 4.69) is 28.5 Å². The molecule has 0 bridgehead atoms. The van der Waals surface area contributed by atoms with Gasteiger partial charge in [-0.3, -0.25) is 4.98 Å². The number of aromatic nitrogens is 1. The summed E-state index contributed by atoms with van der Waals surface area (Å²) in [4.78, 5) is 4.32. The number of rotatable bonds is 5. The highest BCUT2D eigenvalue weighted by Crippen LogP contribution is 2.43. The summed E-state index contributed by atoms with van der Waals surface area (Å²) in [6.45, 7) is 0.915. The highest BCUT2D eigenvalue weighted by Gasteiger charge is 2.45. The molecule has 0 aliphatic heterocycles. The van der Waals surface area contributed by atoms with Gasteiger partial charge in [0.15, 0.2) is 0 Å². The van der Waals surface area contributed by atoms with Crippen LogP contribution in [0.25, 0.3) is 0 Å². The molecule has 1 aliphatic rings. The van der Waals surface area contributed by atoms with Crippen molar-refractivity contribution >= 4 is 0 Å². The Kier molecular flexibility index (Phi) is 3.98. The molecule has 0 atom stereocenters. The molecule has 1 fully saturated rings. The molecule has 3 heteroatoms. The topological polar surface area (TPSA) is 48.7 Å². The molecule has 1 N–H and O–H groups in total. The van der Waals surface area contributed by atoms with Crippen LogP contribution in [0.3, 0.4) is 0 Å². The lowest BCUT2D eigenvalue weighted by Crippen LogP contribution is -2.51. The predicted molar refractivity (Wildman–Crippen MR) is 82.7 cm³/mol. The molecule has 1 aromatic carbocycles. The summed E-state index contributed by atoms with van der Waals surface area (Å²) >= 11 is 0. The lowest BCUT2D eigenvalue weighted by molar-refractivity contribution is 0.228. The molecule has 0 radical (unpaired) electrons. The van der Waals surface area contributed by atoms with Crippen molar-refractivity contribution in [2.24, 2.45) is 0 Å². The van der Waals surface area contributed by atoms with Crippen molar-refractivity contribution in [1.29, 1.82) is 5.26 Å². The van der Waals surface area contributed by atoms with Crippen molar-refractivity contribution in [2.45, 2.75) is 30.7 Å². The zero-order valence-corrected chi connectivity index (χ0v) is 12.0. The maximum Gasteiger partial charge on any atom is 0.0852 e. The van der Waals surface area contributed by atoms with Gasteiger partial charge in [0.1, 0.15) is 0 Å². The first-order chi connectivity index (χ1) is 10.3. The standard InChI is InChI=1S/C18H19N3/c19-14-18(15-6-2-1-3-7-15)12-17(13-18)21-11-9-16-8-4-5-10-20-16/h1-8,10,17,21H,9,11-13H2. The van der Waals surface area contributed by atoms with Crippen LogP contribution in [0.4, 0.5) is 0 Å². The van der Waals surface area contributed by atoms with Crippen LogP contribution in [0.2, 0.25) is 0 Å². The zero-order chi connectivity index (χ0) is 14.5. The lowest BCUT2D eigenvalue weighted by atomic mass is 9.62. The fraction of sp³-hybridized carbons (Fsp3) is 0.333. The van der Waals surface area contributed by atoms with E-state index in [4.69, 9.17) is 0 Å². The van der Waals surface area contributed by atoms with Crippen LogP contribution in [-0.2, 0) is 11.8 Å². The normalized spacial score (nSPS) is 24.0. The maximum atomic E-state index is 9.52. The minimum absolute atomic E-state index is 0.288. The largest absolute Gasteiger partial charge is 0.313 e. The molecule has 0 saturated heterocycles. The van der Waals surface area contributed by atoms with Crippen LogP contribution < -0.4 is 5.32 Å². The summed E-state index contributed by atoms with van der Waals surface area (Å²) < 4.78 is 0. The third-order valence-electron chi connectivity index (χ3n) is 4.27. The molecule has 1 aromatic heterocycles. The second kappa shape index (κ2) is 6.07. The molecule has 1 aliphatic carbocycles. The van der Waals surface area contributed by atoms with Gasteiger partial charge in [-0.1, -0.05) is 36.4 Å². The van der Waals surface area contributed by atoms with Crippen LogP contribution in [-0.4, -0.2) is 17.6 Å². The van der Waals surface area contributed by atoms with E-state index in [0.717, 1.165) is 37.1 Å². The van der Waals surface area contributed by atoms with E-state index < -0.39 is 0 Å². The minimum atomic E-state index is -0.288. The SMILES string of the molecule is N#CC1(c2ccccc2)CC(NCCc2ccccn2)C1. The van der Waals surface area contributed by atoms with Crippen molar-refractivity contribution in [3.05, 3.63) is 66.0 Å². The number of nitriles is 1. The molecule has 2 aromatic rings. The predicted octanol–water partition coefficient (Wildman–Crippen LogP) is 2.84. The van der Waals surface area contributed by atoms with Crippen LogP contribution in [0.15, 0.2) is 54.7 Å². The van der Waals surface area contributed by atoms with Gasteiger partial charge in [-0.2, -0.15) is 5.26 Å². The Bertz CT molecular complexity index is 610. The van der Waals surface area contributed by atoms with Gasteiger partial charge in [0.2, 0.25) is 0 Å². The zero-order valence-electron chi connectivity index (χ0n) is 12.0. The molecule has 0 unspecified atom stereocenters. The Morgan fingerprint density at radius 2 is 1.90 bits per heavy atom. The number of nitrogens with zero attached hydrogens (tertiary/aromatic N) is 2. The number of hydrogen-bond donors (Lipinski definition) is 1. The summed E-state index contributed by atoms with van der Waals surface area (Å²) in [7, 11) is 0. The minimum Gasteiger partial charge on any atom is -0.313 e. The molecule has 106 valence electrons. The Hall–Kier alpha value is -2.18. The fourth-order valence-electron chi connectivity index (χ4n) is 3.02. The van der Waals surface area contributed by atoms with Gasteiger partial charge < -0.3 is 5.32 Å². The van der Waals surface area contributed by atoms with Crippen molar-refractivity contribution in [3.8, 4) is 6.07 Å². The summed E-state index contributed by atoms with van der Waals surface area (Å²) in [6.07, 6.45) is 4.56. The number of pyridine rings is 1. The van der Waals surface area contributed by atoms with Gasteiger partial charge in [0.25, 0.3) is 0 Å². The Labute approximate surface area is 125 Å². The van der Waals surface area contributed by atoms with Crippen LogP contribution >= 0.6 is 0 Å². The highest BCUT2D eigenvalue weighted by atomic mass is 14.9. The number of hydrogen-bond acceptors (Lipinski definition) is 3. The molecule has 3 nitrogen and oxygen atoms in total. The lowest BCUT2D eigenvalue weighted by Gasteiger charge is -2.43. The third kappa shape index (κ3) is 2.96. The molecular weight excluding hydrogens is 258 g/mol. The van der Waals surface area contributed by atoms with Crippen LogP contribution in [0.1, 0.15) is 24.1 Å². The Morgan fingerprint density at radius 1 is 1.14 bits per heavy atom. The van der Waals surface area contributed by atoms with E-state index in [-0.39, 0.29) is 5.41 Å². The molecule has 0 spiro atoms. The Morgan fingerprint density at radius 3 is 2.57 bits per heavy atom. The van der Waals surface area contributed by atoms with E-state index in [1.165, 1.54) is 0 Å². The second-order valence-corrected chi connectivity index (χ2v) is 5.69. The number of nitrogens with one attached hydrogen (secondary N) is 1. The first-order valence-electron chi connectivity index (χ1n) is 7.42. The summed E-state index contributed by atoms with van der Waals surface area (Å²) in [6, 6.07) is 19.1. The van der Waals surface area contributed by atoms with Gasteiger partial charge in [-0.05, 0) is 30.5 Å². The van der Waals surface area contributed by atoms with Crippen molar-refractivity contribution < 1.29 is 0 Å². The molecular formula is C18H19N3. The van der Waals surface area contributed by atoms with Gasteiger partial charge in [0.05, 0.1) is 11.5 Å². The van der Waals surface area contributed by atoms with Gasteiger partial charge in [-0.25, -0.2) is 0 Å². The molecule has 1 heterocycles. The van der Waals surface area contributed by atoms with Gasteiger partial charge in [-0.15, -0.1) is 0 Å². The highest BCUT2D eigenvalue weighted by molar-refractivity contribution is 5.36.